The van der Waals surface area contributed by atoms with Gasteiger partial charge in [-0.2, -0.15) is 11.8 Å². The van der Waals surface area contributed by atoms with Gasteiger partial charge in [0.25, 0.3) is 0 Å². The molecule has 0 bridgehead atoms. The second-order valence-corrected chi connectivity index (χ2v) is 6.99. The zero-order chi connectivity index (χ0) is 14.3. The summed E-state index contributed by atoms with van der Waals surface area (Å²) in [5, 5.41) is 3.69. The number of hydrogen-bond acceptors (Lipinski definition) is 2. The Labute approximate surface area is 123 Å². The normalized spacial score (nSPS) is 14.6. The summed E-state index contributed by atoms with van der Waals surface area (Å²) in [6.07, 6.45) is 1.24. The molecule has 0 radical (unpaired) electrons. The third-order valence-corrected chi connectivity index (χ3v) is 4.47. The lowest BCUT2D eigenvalue weighted by Crippen LogP contribution is -2.29. The van der Waals surface area contributed by atoms with Gasteiger partial charge in [-0.1, -0.05) is 45.0 Å². The van der Waals surface area contributed by atoms with Gasteiger partial charge >= 0.3 is 0 Å². The molecule has 0 aromatic heterocycles. The molecular weight excluding hydrogens is 250 g/mol. The molecule has 1 aromatic carbocycles. The van der Waals surface area contributed by atoms with E-state index in [1.54, 1.807) is 0 Å². The van der Waals surface area contributed by atoms with E-state index in [0.717, 1.165) is 0 Å². The van der Waals surface area contributed by atoms with Gasteiger partial charge < -0.3 is 5.32 Å². The van der Waals surface area contributed by atoms with Gasteiger partial charge in [0.1, 0.15) is 0 Å². The van der Waals surface area contributed by atoms with Gasteiger partial charge in [0, 0.05) is 12.1 Å². The van der Waals surface area contributed by atoms with Gasteiger partial charge in [0.05, 0.1) is 0 Å². The lowest BCUT2D eigenvalue weighted by atomic mass is 9.99. The van der Waals surface area contributed by atoms with Crippen LogP contribution in [0.15, 0.2) is 24.3 Å². The fraction of sp³-hybridized carbons (Fsp3) is 0.647. The second kappa shape index (κ2) is 8.65. The molecule has 0 aliphatic carbocycles. The molecule has 1 rings (SSSR count). The molecule has 1 nitrogen and oxygen atoms in total. The van der Waals surface area contributed by atoms with Gasteiger partial charge in [0.15, 0.2) is 0 Å². The van der Waals surface area contributed by atoms with Crippen molar-refractivity contribution < 1.29 is 0 Å². The third kappa shape index (κ3) is 6.01. The third-order valence-electron chi connectivity index (χ3n) is 3.54. The van der Waals surface area contributed by atoms with Crippen LogP contribution < -0.4 is 5.32 Å². The van der Waals surface area contributed by atoms with Gasteiger partial charge in [0.2, 0.25) is 0 Å². The van der Waals surface area contributed by atoms with E-state index in [0.29, 0.717) is 18.0 Å². The van der Waals surface area contributed by atoms with E-state index in [1.165, 1.54) is 29.1 Å². The number of hydrogen-bond donors (Lipinski definition) is 1. The Kier molecular flexibility index (Phi) is 7.55. The Bertz CT molecular complexity index is 345. The first-order valence-corrected chi connectivity index (χ1v) is 8.63. The first-order valence-electron chi connectivity index (χ1n) is 7.48. The molecule has 0 saturated carbocycles. The Morgan fingerprint density at radius 3 is 2.11 bits per heavy atom. The molecule has 2 heteroatoms. The molecule has 1 aromatic rings. The molecule has 0 heterocycles. The van der Waals surface area contributed by atoms with E-state index in [4.69, 9.17) is 0 Å². The van der Waals surface area contributed by atoms with Crippen molar-refractivity contribution in [3.05, 3.63) is 35.4 Å². The average Bonchev–Trinajstić information content (AvgIpc) is 2.39. The molecule has 0 aliphatic heterocycles. The molecule has 19 heavy (non-hydrogen) atoms. The maximum atomic E-state index is 3.69. The lowest BCUT2D eigenvalue weighted by Gasteiger charge is -2.20. The van der Waals surface area contributed by atoms with Crippen molar-refractivity contribution >= 4 is 11.8 Å². The molecule has 0 aliphatic rings. The van der Waals surface area contributed by atoms with Gasteiger partial charge in [-0.15, -0.1) is 0 Å². The number of rotatable bonds is 8. The summed E-state index contributed by atoms with van der Waals surface area (Å²) in [6, 6.07) is 10.1. The summed E-state index contributed by atoms with van der Waals surface area (Å²) in [6.45, 7) is 11.2. The Hall–Kier alpha value is -0.470. The van der Waals surface area contributed by atoms with Crippen LogP contribution in [0.1, 0.15) is 64.1 Å². The highest BCUT2D eigenvalue weighted by Gasteiger charge is 2.09. The summed E-state index contributed by atoms with van der Waals surface area (Å²) in [5.41, 5.74) is 2.81. The molecular formula is C17H29NS. The van der Waals surface area contributed by atoms with Crippen LogP contribution in [-0.2, 0) is 0 Å². The molecule has 0 spiro atoms. The summed E-state index contributed by atoms with van der Waals surface area (Å²) < 4.78 is 0. The number of thioether (sulfide) groups is 1. The molecule has 0 amide bonds. The van der Waals surface area contributed by atoms with Crippen LogP contribution in [0.2, 0.25) is 0 Å². The molecule has 0 saturated heterocycles. The van der Waals surface area contributed by atoms with Crippen LogP contribution in [0.5, 0.6) is 0 Å². The van der Waals surface area contributed by atoms with E-state index in [1.807, 2.05) is 11.8 Å². The predicted octanol–water partition coefficient (Wildman–Crippen LogP) is 4.99. The lowest BCUT2D eigenvalue weighted by molar-refractivity contribution is 0.471. The largest absolute Gasteiger partial charge is 0.308 e. The molecule has 2 atom stereocenters. The smallest absolute Gasteiger partial charge is 0.0294 e. The SMILES string of the molecule is CCSCCC(C)NC(C)c1ccc(C(C)C)cc1. The predicted molar refractivity (Wildman–Crippen MR) is 89.2 cm³/mol. The summed E-state index contributed by atoms with van der Waals surface area (Å²) in [5.74, 6) is 3.09. The maximum absolute atomic E-state index is 3.69. The summed E-state index contributed by atoms with van der Waals surface area (Å²) >= 11 is 2.02. The zero-order valence-corrected chi connectivity index (χ0v) is 13.9. The van der Waals surface area contributed by atoms with Crippen molar-refractivity contribution in [1.29, 1.82) is 0 Å². The minimum Gasteiger partial charge on any atom is -0.308 e. The monoisotopic (exact) mass is 279 g/mol. The van der Waals surface area contributed by atoms with Crippen LogP contribution in [0.3, 0.4) is 0 Å². The van der Waals surface area contributed by atoms with Crippen LogP contribution in [0.25, 0.3) is 0 Å². The van der Waals surface area contributed by atoms with E-state index < -0.39 is 0 Å². The van der Waals surface area contributed by atoms with Gasteiger partial charge in [-0.25, -0.2) is 0 Å². The standard InChI is InChI=1S/C17H29NS/c1-6-19-12-11-14(4)18-15(5)17-9-7-16(8-10-17)13(2)3/h7-10,13-15,18H,6,11-12H2,1-5H3. The van der Waals surface area contributed by atoms with E-state index >= 15 is 0 Å². The van der Waals surface area contributed by atoms with Gasteiger partial charge in [-0.3, -0.25) is 0 Å². The fourth-order valence-electron chi connectivity index (χ4n) is 2.18. The van der Waals surface area contributed by atoms with Gasteiger partial charge in [-0.05, 0) is 48.8 Å². The zero-order valence-electron chi connectivity index (χ0n) is 13.1. The van der Waals surface area contributed by atoms with Crippen molar-refractivity contribution in [2.45, 2.75) is 59.0 Å². The van der Waals surface area contributed by atoms with Crippen molar-refractivity contribution in [2.75, 3.05) is 11.5 Å². The number of benzene rings is 1. The Balaban J connectivity index is 2.46. The van der Waals surface area contributed by atoms with Crippen molar-refractivity contribution in [3.63, 3.8) is 0 Å². The van der Waals surface area contributed by atoms with Crippen LogP contribution >= 0.6 is 11.8 Å². The highest BCUT2D eigenvalue weighted by Crippen LogP contribution is 2.19. The fourth-order valence-corrected chi connectivity index (χ4v) is 2.99. The Morgan fingerprint density at radius 1 is 1.00 bits per heavy atom. The van der Waals surface area contributed by atoms with Crippen LogP contribution in [-0.4, -0.2) is 17.5 Å². The topological polar surface area (TPSA) is 12.0 Å². The summed E-state index contributed by atoms with van der Waals surface area (Å²) in [4.78, 5) is 0. The minimum atomic E-state index is 0.433. The Morgan fingerprint density at radius 2 is 1.58 bits per heavy atom. The van der Waals surface area contributed by atoms with Crippen molar-refractivity contribution in [3.8, 4) is 0 Å². The highest BCUT2D eigenvalue weighted by atomic mass is 32.2. The van der Waals surface area contributed by atoms with Crippen molar-refractivity contribution in [1.82, 2.24) is 5.32 Å². The molecule has 2 unspecified atom stereocenters. The first-order chi connectivity index (χ1) is 9.04. The van der Waals surface area contributed by atoms with E-state index in [2.05, 4.69) is 64.2 Å². The van der Waals surface area contributed by atoms with E-state index in [-0.39, 0.29) is 0 Å². The molecule has 108 valence electrons. The van der Waals surface area contributed by atoms with Crippen molar-refractivity contribution in [2.24, 2.45) is 0 Å². The molecule has 1 N–H and O–H groups in total. The van der Waals surface area contributed by atoms with Crippen LogP contribution in [0, 0.1) is 0 Å². The number of nitrogens with one attached hydrogen (secondary N) is 1. The van der Waals surface area contributed by atoms with E-state index in [9.17, 15) is 0 Å². The second-order valence-electron chi connectivity index (χ2n) is 5.60. The highest BCUT2D eigenvalue weighted by molar-refractivity contribution is 7.99. The minimum absolute atomic E-state index is 0.433. The quantitative estimate of drug-likeness (QED) is 0.673. The van der Waals surface area contributed by atoms with Crippen LogP contribution in [0.4, 0.5) is 0 Å². The first kappa shape index (κ1) is 16.6. The molecule has 0 fully saturated rings. The average molecular weight is 279 g/mol. The maximum Gasteiger partial charge on any atom is 0.0294 e. The summed E-state index contributed by atoms with van der Waals surface area (Å²) in [7, 11) is 0.